The monoisotopic (exact) mass is 853 g/mol. The predicted octanol–water partition coefficient (Wildman–Crippen LogP) is 12.7. The van der Waals surface area contributed by atoms with Gasteiger partial charge in [0.15, 0.2) is 10.9 Å². The van der Waals surface area contributed by atoms with Crippen molar-refractivity contribution < 1.29 is 0 Å². The second kappa shape index (κ2) is 15.3. The Morgan fingerprint density at radius 2 is 0.657 bits per heavy atom. The van der Waals surface area contributed by atoms with Crippen molar-refractivity contribution in [2.24, 2.45) is 0 Å². The Labute approximate surface area is 387 Å². The lowest BCUT2D eigenvalue weighted by atomic mass is 9.33. The molecule has 0 N–H and O–H groups in total. The van der Waals surface area contributed by atoms with Crippen LogP contribution in [0.2, 0.25) is 0 Å². The summed E-state index contributed by atoms with van der Waals surface area (Å²) in [5.74, 6) is 0. The van der Waals surface area contributed by atoms with E-state index in [1.54, 1.807) is 0 Å². The molecule has 0 unspecified atom stereocenters. The fraction of sp³-hybridized carbons (Fsp3) is 0.0159. The molecule has 1 aliphatic heterocycles. The van der Waals surface area contributed by atoms with Crippen LogP contribution in [0.1, 0.15) is 5.56 Å². The summed E-state index contributed by atoms with van der Waals surface area (Å²) in [6.45, 7) is 1.77. The van der Waals surface area contributed by atoms with Crippen molar-refractivity contribution in [3.63, 3.8) is 0 Å². The van der Waals surface area contributed by atoms with Crippen molar-refractivity contribution in [1.82, 2.24) is 4.40 Å². The SMILES string of the molecule is Cc1cc(-c2ccccc2)c(B2c3cc(-c4ccc(-c5ccccc5)cc4)cc4c(=O)c5cccc6c(=O)c7cc(-c8ccc(-c9ccccc9)cc8)cc2c7n(c34)c56)c(-c2ccccc2)c1. The number of hydrogen-bond acceptors (Lipinski definition) is 2. The Morgan fingerprint density at radius 1 is 0.313 bits per heavy atom. The minimum Gasteiger partial charge on any atom is -0.309 e. The lowest BCUT2D eigenvalue weighted by Gasteiger charge is -2.31. The molecule has 12 aromatic rings. The Balaban J connectivity index is 1.18. The van der Waals surface area contributed by atoms with Crippen LogP contribution in [0.3, 0.4) is 0 Å². The van der Waals surface area contributed by atoms with Gasteiger partial charge in [-0.05, 0) is 114 Å². The zero-order valence-corrected chi connectivity index (χ0v) is 36.7. The molecule has 4 heteroatoms. The minimum atomic E-state index is -0.399. The van der Waals surface area contributed by atoms with Crippen molar-refractivity contribution >= 4 is 61.2 Å². The second-order valence-corrected chi connectivity index (χ2v) is 17.9. The van der Waals surface area contributed by atoms with Crippen molar-refractivity contribution in [2.45, 2.75) is 6.92 Å². The van der Waals surface area contributed by atoms with E-state index in [-0.39, 0.29) is 10.9 Å². The number of aryl methyl sites for hydroxylation is 1. The first-order valence-electron chi connectivity index (χ1n) is 22.9. The summed E-state index contributed by atoms with van der Waals surface area (Å²) in [7, 11) is 0. The lowest BCUT2D eigenvalue weighted by Crippen LogP contribution is -2.57. The van der Waals surface area contributed by atoms with Gasteiger partial charge in [0.1, 0.15) is 0 Å². The summed E-state index contributed by atoms with van der Waals surface area (Å²) in [6.07, 6.45) is 0. The average Bonchev–Trinajstić information content (AvgIpc) is 3.39. The summed E-state index contributed by atoms with van der Waals surface area (Å²) in [6, 6.07) is 78.6. The molecule has 3 nitrogen and oxygen atoms in total. The highest BCUT2D eigenvalue weighted by atomic mass is 16.1. The molecule has 0 aliphatic carbocycles. The molecule has 1 aliphatic rings. The minimum absolute atomic E-state index is 0.0730. The Bertz CT molecular complexity index is 3780. The van der Waals surface area contributed by atoms with Crippen LogP contribution in [-0.2, 0) is 0 Å². The molecule has 0 radical (unpaired) electrons. The molecule has 312 valence electrons. The first-order valence-corrected chi connectivity index (χ1v) is 22.9. The molecule has 0 amide bonds. The predicted molar refractivity (Wildman–Crippen MR) is 282 cm³/mol. The number of hydrogen-bond donors (Lipinski definition) is 0. The summed E-state index contributed by atoms with van der Waals surface area (Å²) < 4.78 is 2.27. The van der Waals surface area contributed by atoms with Gasteiger partial charge in [0.25, 0.3) is 0 Å². The van der Waals surface area contributed by atoms with Gasteiger partial charge in [0.2, 0.25) is 6.71 Å². The normalized spacial score (nSPS) is 12.0. The van der Waals surface area contributed by atoms with Crippen LogP contribution in [0.25, 0.3) is 105 Å². The van der Waals surface area contributed by atoms with E-state index >= 15 is 9.59 Å². The van der Waals surface area contributed by atoms with E-state index in [9.17, 15) is 0 Å². The second-order valence-electron chi connectivity index (χ2n) is 17.9. The van der Waals surface area contributed by atoms with Crippen molar-refractivity contribution in [3.8, 4) is 66.8 Å². The van der Waals surface area contributed by atoms with Gasteiger partial charge in [0, 0.05) is 21.5 Å². The van der Waals surface area contributed by atoms with Gasteiger partial charge in [-0.1, -0.05) is 206 Å². The smallest absolute Gasteiger partial charge is 0.248 e. The molecule has 2 aromatic heterocycles. The van der Waals surface area contributed by atoms with Gasteiger partial charge >= 0.3 is 0 Å². The topological polar surface area (TPSA) is 38.5 Å². The zero-order chi connectivity index (χ0) is 44.8. The number of pyridine rings is 2. The number of aromatic nitrogens is 1. The van der Waals surface area contributed by atoms with Gasteiger partial charge in [-0.3, -0.25) is 9.59 Å². The van der Waals surface area contributed by atoms with E-state index in [1.807, 2.05) is 30.3 Å². The first kappa shape index (κ1) is 38.8. The molecule has 0 fully saturated rings. The molecular weight excluding hydrogens is 814 g/mol. The summed E-state index contributed by atoms with van der Waals surface area (Å²) in [5, 5.41) is 2.36. The summed E-state index contributed by atoms with van der Waals surface area (Å²) in [4.78, 5) is 30.5. The molecule has 13 rings (SSSR count). The maximum Gasteiger partial charge on any atom is 0.248 e. The highest BCUT2D eigenvalue weighted by molar-refractivity contribution is 7.00. The van der Waals surface area contributed by atoms with Gasteiger partial charge in [0.05, 0.1) is 16.6 Å². The van der Waals surface area contributed by atoms with Gasteiger partial charge in [-0.15, -0.1) is 0 Å². The van der Waals surface area contributed by atoms with Crippen LogP contribution in [0, 0.1) is 6.92 Å². The number of nitrogens with zero attached hydrogens (tertiary/aromatic N) is 1. The largest absolute Gasteiger partial charge is 0.309 e. The third-order valence-corrected chi connectivity index (χ3v) is 14.0. The van der Waals surface area contributed by atoms with Crippen LogP contribution < -0.4 is 27.2 Å². The quantitative estimate of drug-likeness (QED) is 0.0910. The van der Waals surface area contributed by atoms with Crippen molar-refractivity contribution in [1.29, 1.82) is 0 Å². The molecule has 0 bridgehead atoms. The fourth-order valence-electron chi connectivity index (χ4n) is 11.0. The van der Waals surface area contributed by atoms with Crippen molar-refractivity contribution in [2.75, 3.05) is 0 Å². The van der Waals surface area contributed by atoms with Crippen LogP contribution in [-0.4, -0.2) is 11.1 Å². The first-order chi connectivity index (χ1) is 33.0. The molecule has 3 heterocycles. The highest BCUT2D eigenvalue weighted by Crippen LogP contribution is 2.36. The van der Waals surface area contributed by atoms with Crippen LogP contribution in [0.5, 0.6) is 0 Å². The third kappa shape index (κ3) is 6.14. The van der Waals surface area contributed by atoms with Crippen LogP contribution in [0.15, 0.2) is 234 Å². The zero-order valence-electron chi connectivity index (χ0n) is 36.7. The van der Waals surface area contributed by atoms with Gasteiger partial charge in [-0.2, -0.15) is 0 Å². The molecule has 67 heavy (non-hydrogen) atoms. The average molecular weight is 854 g/mol. The number of rotatable bonds is 7. The Hall–Kier alpha value is -8.60. The number of benzene rings is 10. The highest BCUT2D eigenvalue weighted by Gasteiger charge is 2.37. The Kier molecular flexibility index (Phi) is 8.84. The Morgan fingerprint density at radius 3 is 1.04 bits per heavy atom. The third-order valence-electron chi connectivity index (χ3n) is 14.0. The standard InChI is InChI=1S/C63H40BNO2/c1-39-33-52(46-19-10-4-11-20-46)58(53(34-39)47-21-12-5-13-22-47)64-56-37-48(44-29-25-42(26-30-44)40-15-6-2-7-16-40)35-54-60(56)65-59-50(62(54)66)23-14-24-51(59)63(67)55-36-49(38-57(64)61(55)65)45-31-27-43(28-32-45)41-17-8-3-9-18-41/h2-38H,1H3. The number of para-hydroxylation sites is 1. The van der Waals surface area contributed by atoms with E-state index < -0.39 is 6.71 Å². The van der Waals surface area contributed by atoms with Crippen molar-refractivity contribution in [3.05, 3.63) is 250 Å². The van der Waals surface area contributed by atoms with Crippen LogP contribution >= 0.6 is 0 Å². The van der Waals surface area contributed by atoms with E-state index in [2.05, 4.69) is 205 Å². The van der Waals surface area contributed by atoms with Gasteiger partial charge < -0.3 is 4.40 Å². The van der Waals surface area contributed by atoms with E-state index in [0.717, 1.165) is 99.7 Å². The summed E-state index contributed by atoms with van der Waals surface area (Å²) >= 11 is 0. The maximum atomic E-state index is 15.3. The fourth-order valence-corrected chi connectivity index (χ4v) is 11.0. The summed E-state index contributed by atoms with van der Waals surface area (Å²) in [5.41, 5.74) is 19.5. The van der Waals surface area contributed by atoms with E-state index in [0.29, 0.717) is 27.1 Å². The van der Waals surface area contributed by atoms with E-state index in [4.69, 9.17) is 0 Å². The molecule has 0 atom stereocenters. The molecular formula is C63H40BNO2. The molecule has 0 spiro atoms. The van der Waals surface area contributed by atoms with Crippen LogP contribution in [0.4, 0.5) is 0 Å². The van der Waals surface area contributed by atoms with E-state index in [1.165, 1.54) is 0 Å². The molecule has 0 saturated carbocycles. The molecule has 0 saturated heterocycles. The lowest BCUT2D eigenvalue weighted by molar-refractivity contribution is 1.31. The van der Waals surface area contributed by atoms with Gasteiger partial charge in [-0.25, -0.2) is 0 Å². The maximum absolute atomic E-state index is 15.3. The molecule has 10 aromatic carbocycles.